The van der Waals surface area contributed by atoms with Crippen LogP contribution in [0, 0.1) is 6.92 Å². The zero-order valence-electron chi connectivity index (χ0n) is 14.5. The Labute approximate surface area is 142 Å². The second-order valence-electron chi connectivity index (χ2n) is 7.51. The maximum Gasteiger partial charge on any atom is 0.152 e. The monoisotopic (exact) mass is 320 g/mol. The molecule has 0 saturated heterocycles. The Morgan fingerprint density at radius 1 is 1.04 bits per heavy atom. The molecule has 0 amide bonds. The number of anilines is 1. The van der Waals surface area contributed by atoms with E-state index in [9.17, 15) is 0 Å². The van der Waals surface area contributed by atoms with Gasteiger partial charge in [0.2, 0.25) is 0 Å². The highest BCUT2D eigenvalue weighted by Gasteiger charge is 2.50. The SMILES string of the molecule is Cc1ccccc1N1Cc2c(oc3ccn(C)c23)C12CCCCC2. The van der Waals surface area contributed by atoms with Gasteiger partial charge in [-0.05, 0) is 37.5 Å². The number of rotatable bonds is 1. The van der Waals surface area contributed by atoms with Gasteiger partial charge in [-0.3, -0.25) is 0 Å². The van der Waals surface area contributed by atoms with Crippen molar-refractivity contribution in [3.63, 3.8) is 0 Å². The first kappa shape index (κ1) is 14.2. The van der Waals surface area contributed by atoms with Crippen molar-refractivity contribution in [1.29, 1.82) is 0 Å². The van der Waals surface area contributed by atoms with Crippen LogP contribution in [0.15, 0.2) is 40.9 Å². The number of hydrogen-bond donors (Lipinski definition) is 0. The Kier molecular flexibility index (Phi) is 2.91. The number of aromatic nitrogens is 1. The van der Waals surface area contributed by atoms with Crippen LogP contribution >= 0.6 is 0 Å². The van der Waals surface area contributed by atoms with Crippen LogP contribution in [0.4, 0.5) is 5.69 Å². The molecule has 0 radical (unpaired) electrons. The highest BCUT2D eigenvalue weighted by atomic mass is 16.3. The predicted octanol–water partition coefficient (Wildman–Crippen LogP) is 5.26. The average Bonchev–Trinajstić information content (AvgIpc) is 3.22. The maximum atomic E-state index is 6.45. The Hall–Kier alpha value is -2.16. The van der Waals surface area contributed by atoms with Gasteiger partial charge in [0.1, 0.15) is 5.76 Å². The Balaban J connectivity index is 1.73. The highest BCUT2D eigenvalue weighted by Crippen LogP contribution is 2.53. The van der Waals surface area contributed by atoms with Gasteiger partial charge in [0.15, 0.2) is 5.58 Å². The van der Waals surface area contributed by atoms with E-state index in [1.54, 1.807) is 0 Å². The van der Waals surface area contributed by atoms with E-state index in [1.807, 2.05) is 0 Å². The molecule has 2 aromatic heterocycles. The third-order valence-electron chi connectivity index (χ3n) is 6.15. The molecule has 2 aliphatic rings. The van der Waals surface area contributed by atoms with Crippen molar-refractivity contribution in [3.05, 3.63) is 53.4 Å². The van der Waals surface area contributed by atoms with Crippen LogP contribution in [0.5, 0.6) is 0 Å². The molecule has 5 rings (SSSR count). The second-order valence-corrected chi connectivity index (χ2v) is 7.51. The van der Waals surface area contributed by atoms with Crippen molar-refractivity contribution in [2.45, 2.75) is 51.1 Å². The van der Waals surface area contributed by atoms with Crippen LogP contribution in [-0.4, -0.2) is 4.57 Å². The van der Waals surface area contributed by atoms with Gasteiger partial charge in [0, 0.05) is 31.0 Å². The van der Waals surface area contributed by atoms with Crippen molar-refractivity contribution in [2.75, 3.05) is 4.90 Å². The standard InChI is InChI=1S/C21H24N2O/c1-15-8-4-5-9-17(15)23-14-16-19-18(10-13-22(19)2)24-20(16)21(23)11-6-3-7-12-21/h4-5,8-10,13H,3,6-7,11-12,14H2,1-2H3. The summed E-state index contributed by atoms with van der Waals surface area (Å²) >= 11 is 0. The minimum Gasteiger partial charge on any atom is -0.457 e. The number of aryl methyl sites for hydroxylation is 2. The fourth-order valence-corrected chi connectivity index (χ4v) is 5.00. The van der Waals surface area contributed by atoms with Gasteiger partial charge in [-0.15, -0.1) is 0 Å². The lowest BCUT2D eigenvalue weighted by Gasteiger charge is -2.42. The summed E-state index contributed by atoms with van der Waals surface area (Å²) in [6.45, 7) is 3.19. The van der Waals surface area contributed by atoms with Gasteiger partial charge in [-0.25, -0.2) is 0 Å². The van der Waals surface area contributed by atoms with E-state index >= 15 is 0 Å². The van der Waals surface area contributed by atoms with Crippen molar-refractivity contribution >= 4 is 16.8 Å². The zero-order valence-corrected chi connectivity index (χ0v) is 14.5. The van der Waals surface area contributed by atoms with Crippen molar-refractivity contribution in [1.82, 2.24) is 4.57 Å². The molecule has 3 heteroatoms. The fourth-order valence-electron chi connectivity index (χ4n) is 5.00. The van der Waals surface area contributed by atoms with Gasteiger partial charge in [0.25, 0.3) is 0 Å². The van der Waals surface area contributed by atoms with Crippen LogP contribution in [0.3, 0.4) is 0 Å². The lowest BCUT2D eigenvalue weighted by Crippen LogP contribution is -2.43. The smallest absolute Gasteiger partial charge is 0.152 e. The number of furan rings is 1. The van der Waals surface area contributed by atoms with E-state index in [2.05, 4.69) is 60.0 Å². The number of benzene rings is 1. The molecular weight excluding hydrogens is 296 g/mol. The quantitative estimate of drug-likeness (QED) is 0.610. The van der Waals surface area contributed by atoms with E-state index in [4.69, 9.17) is 4.42 Å². The lowest BCUT2D eigenvalue weighted by molar-refractivity contribution is 0.254. The molecule has 0 unspecified atom stereocenters. The summed E-state index contributed by atoms with van der Waals surface area (Å²) in [6, 6.07) is 10.9. The second kappa shape index (κ2) is 4.92. The largest absolute Gasteiger partial charge is 0.457 e. The molecule has 1 spiro atoms. The molecule has 3 nitrogen and oxygen atoms in total. The molecule has 1 aromatic carbocycles. The van der Waals surface area contributed by atoms with E-state index in [0.29, 0.717) is 0 Å². The van der Waals surface area contributed by atoms with Crippen LogP contribution in [0.1, 0.15) is 49.0 Å². The van der Waals surface area contributed by atoms with Gasteiger partial charge in [-0.2, -0.15) is 0 Å². The number of nitrogens with zero attached hydrogens (tertiary/aromatic N) is 2. The Bertz CT molecular complexity index is 911. The molecule has 24 heavy (non-hydrogen) atoms. The molecule has 0 bridgehead atoms. The summed E-state index contributed by atoms with van der Waals surface area (Å²) in [5.74, 6) is 1.24. The Morgan fingerprint density at radius 2 is 1.83 bits per heavy atom. The molecule has 0 N–H and O–H groups in total. The first-order valence-corrected chi connectivity index (χ1v) is 9.11. The van der Waals surface area contributed by atoms with Crippen LogP contribution < -0.4 is 4.90 Å². The Morgan fingerprint density at radius 3 is 2.62 bits per heavy atom. The van der Waals surface area contributed by atoms with E-state index < -0.39 is 0 Å². The third kappa shape index (κ3) is 1.73. The van der Waals surface area contributed by atoms with Gasteiger partial charge >= 0.3 is 0 Å². The topological polar surface area (TPSA) is 21.3 Å². The predicted molar refractivity (Wildman–Crippen MR) is 97.3 cm³/mol. The molecule has 1 aliphatic carbocycles. The summed E-state index contributed by atoms with van der Waals surface area (Å²) < 4.78 is 8.67. The van der Waals surface area contributed by atoms with Gasteiger partial charge < -0.3 is 13.9 Å². The summed E-state index contributed by atoms with van der Waals surface area (Å²) in [6.07, 6.45) is 8.44. The van der Waals surface area contributed by atoms with Crippen LogP contribution in [0.25, 0.3) is 11.1 Å². The zero-order chi connectivity index (χ0) is 16.3. The van der Waals surface area contributed by atoms with Crippen molar-refractivity contribution in [2.24, 2.45) is 7.05 Å². The molecule has 3 aromatic rings. The number of hydrogen-bond acceptors (Lipinski definition) is 2. The first-order valence-electron chi connectivity index (χ1n) is 9.11. The van der Waals surface area contributed by atoms with Gasteiger partial charge in [0.05, 0.1) is 11.1 Å². The van der Waals surface area contributed by atoms with Crippen LogP contribution in [-0.2, 0) is 19.1 Å². The maximum absolute atomic E-state index is 6.45. The highest BCUT2D eigenvalue weighted by molar-refractivity contribution is 5.82. The first-order chi connectivity index (χ1) is 11.7. The average molecular weight is 320 g/mol. The molecule has 1 fully saturated rings. The third-order valence-corrected chi connectivity index (χ3v) is 6.15. The minimum absolute atomic E-state index is 0.0543. The molecule has 1 aliphatic heterocycles. The van der Waals surface area contributed by atoms with E-state index in [-0.39, 0.29) is 5.54 Å². The number of para-hydroxylation sites is 1. The van der Waals surface area contributed by atoms with E-state index in [1.165, 1.54) is 60.2 Å². The van der Waals surface area contributed by atoms with Crippen molar-refractivity contribution in [3.8, 4) is 0 Å². The summed E-state index contributed by atoms with van der Waals surface area (Å²) in [5.41, 5.74) is 6.52. The lowest BCUT2D eigenvalue weighted by atomic mass is 9.79. The molecule has 3 heterocycles. The summed E-state index contributed by atoms with van der Waals surface area (Å²) in [5, 5.41) is 0. The molecule has 124 valence electrons. The minimum atomic E-state index is 0.0543. The summed E-state index contributed by atoms with van der Waals surface area (Å²) in [4.78, 5) is 2.64. The van der Waals surface area contributed by atoms with Crippen molar-refractivity contribution < 1.29 is 4.42 Å². The normalized spacial score (nSPS) is 19.3. The fraction of sp³-hybridized carbons (Fsp3) is 0.429. The molecular formula is C21H24N2O. The summed E-state index contributed by atoms with van der Waals surface area (Å²) in [7, 11) is 2.13. The molecule has 0 atom stereocenters. The molecule has 1 saturated carbocycles. The van der Waals surface area contributed by atoms with Gasteiger partial charge in [-0.1, -0.05) is 37.5 Å². The van der Waals surface area contributed by atoms with E-state index in [0.717, 1.165) is 12.1 Å². The number of fused-ring (bicyclic) bond motifs is 4. The van der Waals surface area contributed by atoms with Crippen LogP contribution in [0.2, 0.25) is 0 Å².